The van der Waals surface area contributed by atoms with Gasteiger partial charge in [0.25, 0.3) is 11.1 Å². The Kier molecular flexibility index (Phi) is 7.21. The number of imide groups is 1. The lowest BCUT2D eigenvalue weighted by atomic mass is 10.1. The molecular formula is C23H19BrN2O4S. The van der Waals surface area contributed by atoms with Crippen LogP contribution in [0.3, 0.4) is 0 Å². The second-order valence-corrected chi connectivity index (χ2v) is 8.65. The molecule has 0 saturated carbocycles. The highest BCUT2D eigenvalue weighted by Crippen LogP contribution is 2.33. The zero-order chi connectivity index (χ0) is 22.5. The molecule has 1 N–H and O–H groups in total. The number of ether oxygens (including phenoxy) is 1. The first kappa shape index (κ1) is 22.7. The summed E-state index contributed by atoms with van der Waals surface area (Å²) in [5.74, 6) is 2.02. The summed E-state index contributed by atoms with van der Waals surface area (Å²) >= 11 is 4.19. The lowest BCUT2D eigenvalue weighted by Gasteiger charge is -2.13. The van der Waals surface area contributed by atoms with Gasteiger partial charge in [0.15, 0.2) is 0 Å². The first-order chi connectivity index (χ1) is 14.8. The standard InChI is InChI=1S/C23H19BrN2O4S/c1-4-9-30-19-8-6-16(11-18(19)24)12-20-22(28)26(23(29)31-20)13-21(27)25-17-7-5-14(2)15(3)10-17/h1,5-8,10-12H,9,13H2,2-3H3,(H,25,27). The van der Waals surface area contributed by atoms with Crippen molar-refractivity contribution >= 4 is 56.5 Å². The second kappa shape index (κ2) is 9.86. The summed E-state index contributed by atoms with van der Waals surface area (Å²) in [7, 11) is 0. The van der Waals surface area contributed by atoms with Crippen molar-refractivity contribution in [3.63, 3.8) is 0 Å². The molecule has 1 heterocycles. The van der Waals surface area contributed by atoms with Crippen LogP contribution in [0.4, 0.5) is 10.5 Å². The highest BCUT2D eigenvalue weighted by molar-refractivity contribution is 9.10. The Morgan fingerprint density at radius 1 is 1.23 bits per heavy atom. The van der Waals surface area contributed by atoms with Gasteiger partial charge in [-0.2, -0.15) is 0 Å². The van der Waals surface area contributed by atoms with Crippen LogP contribution in [0.2, 0.25) is 0 Å². The predicted octanol–water partition coefficient (Wildman–Crippen LogP) is 4.75. The van der Waals surface area contributed by atoms with Crippen LogP contribution in [-0.2, 0) is 9.59 Å². The Bertz CT molecular complexity index is 1140. The fourth-order valence-corrected chi connectivity index (χ4v) is 4.14. The topological polar surface area (TPSA) is 75.7 Å². The van der Waals surface area contributed by atoms with E-state index in [1.54, 1.807) is 30.3 Å². The van der Waals surface area contributed by atoms with Gasteiger partial charge in [-0.3, -0.25) is 19.3 Å². The minimum Gasteiger partial charge on any atom is -0.480 e. The summed E-state index contributed by atoms with van der Waals surface area (Å²) in [6.45, 7) is 3.71. The Labute approximate surface area is 193 Å². The molecule has 1 aliphatic rings. The van der Waals surface area contributed by atoms with Gasteiger partial charge in [-0.25, -0.2) is 0 Å². The SMILES string of the molecule is C#CCOc1ccc(C=C2SC(=O)N(CC(=O)Nc3ccc(C)c(C)c3)C2=O)cc1Br. The number of nitrogens with zero attached hydrogens (tertiary/aromatic N) is 1. The molecule has 158 valence electrons. The number of anilines is 1. The molecule has 31 heavy (non-hydrogen) atoms. The third kappa shape index (κ3) is 5.57. The highest BCUT2D eigenvalue weighted by atomic mass is 79.9. The van der Waals surface area contributed by atoms with Gasteiger partial charge < -0.3 is 10.1 Å². The second-order valence-electron chi connectivity index (χ2n) is 6.80. The van der Waals surface area contributed by atoms with Crippen molar-refractivity contribution in [1.82, 2.24) is 4.90 Å². The number of terminal acetylenes is 1. The number of halogens is 1. The van der Waals surface area contributed by atoms with Gasteiger partial charge in [0.05, 0.1) is 9.38 Å². The molecule has 0 spiro atoms. The van der Waals surface area contributed by atoms with Crippen LogP contribution in [-0.4, -0.2) is 35.1 Å². The number of thioether (sulfide) groups is 1. The molecule has 0 atom stereocenters. The number of hydrogen-bond donors (Lipinski definition) is 1. The van der Waals surface area contributed by atoms with E-state index in [4.69, 9.17) is 11.2 Å². The van der Waals surface area contributed by atoms with E-state index in [0.717, 1.165) is 27.8 Å². The van der Waals surface area contributed by atoms with Gasteiger partial charge in [-0.15, -0.1) is 6.42 Å². The van der Waals surface area contributed by atoms with Crippen LogP contribution < -0.4 is 10.1 Å². The van der Waals surface area contributed by atoms with E-state index in [0.29, 0.717) is 21.5 Å². The number of carbonyl (C=O) groups excluding carboxylic acids is 3. The monoisotopic (exact) mass is 498 g/mol. The normalized spacial score (nSPS) is 14.6. The first-order valence-electron chi connectivity index (χ1n) is 9.27. The number of benzene rings is 2. The molecule has 0 aliphatic carbocycles. The predicted molar refractivity (Wildman–Crippen MR) is 126 cm³/mol. The van der Waals surface area contributed by atoms with E-state index in [1.165, 1.54) is 0 Å². The van der Waals surface area contributed by atoms with Crippen LogP contribution in [0.5, 0.6) is 5.75 Å². The van der Waals surface area contributed by atoms with Crippen molar-refractivity contribution in [3.05, 3.63) is 62.5 Å². The van der Waals surface area contributed by atoms with E-state index in [-0.39, 0.29) is 18.1 Å². The summed E-state index contributed by atoms with van der Waals surface area (Å²) < 4.78 is 6.06. The molecular weight excluding hydrogens is 480 g/mol. The molecule has 1 fully saturated rings. The van der Waals surface area contributed by atoms with E-state index < -0.39 is 17.1 Å². The Hall–Kier alpha value is -3.02. The van der Waals surface area contributed by atoms with Crippen molar-refractivity contribution < 1.29 is 19.1 Å². The van der Waals surface area contributed by atoms with Crippen molar-refractivity contribution in [3.8, 4) is 18.1 Å². The maximum absolute atomic E-state index is 12.7. The molecule has 3 rings (SSSR count). The fourth-order valence-electron chi connectivity index (χ4n) is 2.79. The van der Waals surface area contributed by atoms with Crippen molar-refractivity contribution in [2.75, 3.05) is 18.5 Å². The minimum absolute atomic E-state index is 0.140. The zero-order valence-electron chi connectivity index (χ0n) is 16.9. The van der Waals surface area contributed by atoms with Crippen LogP contribution in [0.15, 0.2) is 45.8 Å². The van der Waals surface area contributed by atoms with Crippen molar-refractivity contribution in [2.45, 2.75) is 13.8 Å². The smallest absolute Gasteiger partial charge is 0.294 e. The lowest BCUT2D eigenvalue weighted by molar-refractivity contribution is -0.127. The summed E-state index contributed by atoms with van der Waals surface area (Å²) in [5, 5.41) is 2.24. The summed E-state index contributed by atoms with van der Waals surface area (Å²) in [4.78, 5) is 38.5. The van der Waals surface area contributed by atoms with Crippen LogP contribution in [0.1, 0.15) is 16.7 Å². The number of nitrogens with one attached hydrogen (secondary N) is 1. The summed E-state index contributed by atoms with van der Waals surface area (Å²) in [6, 6.07) is 10.7. The molecule has 0 aromatic heterocycles. The number of amides is 3. The Morgan fingerprint density at radius 3 is 2.68 bits per heavy atom. The molecule has 1 saturated heterocycles. The lowest BCUT2D eigenvalue weighted by Crippen LogP contribution is -2.36. The van der Waals surface area contributed by atoms with E-state index >= 15 is 0 Å². The van der Waals surface area contributed by atoms with Gasteiger partial charge in [0.1, 0.15) is 18.9 Å². The third-order valence-electron chi connectivity index (χ3n) is 4.53. The largest absolute Gasteiger partial charge is 0.480 e. The van der Waals surface area contributed by atoms with E-state index in [1.807, 2.05) is 26.0 Å². The molecule has 0 bridgehead atoms. The number of aryl methyl sites for hydroxylation is 2. The minimum atomic E-state index is -0.506. The molecule has 0 unspecified atom stereocenters. The summed E-state index contributed by atoms with van der Waals surface area (Å²) in [5.41, 5.74) is 3.46. The maximum Gasteiger partial charge on any atom is 0.294 e. The summed E-state index contributed by atoms with van der Waals surface area (Å²) in [6.07, 6.45) is 6.79. The van der Waals surface area contributed by atoms with Gasteiger partial charge in [-0.1, -0.05) is 18.1 Å². The molecule has 1 aliphatic heterocycles. The molecule has 3 amide bonds. The first-order valence-corrected chi connectivity index (χ1v) is 10.9. The molecule has 8 heteroatoms. The van der Waals surface area contributed by atoms with Gasteiger partial charge >= 0.3 is 0 Å². The maximum atomic E-state index is 12.7. The molecule has 2 aromatic rings. The van der Waals surface area contributed by atoms with E-state index in [2.05, 4.69) is 27.2 Å². The molecule has 2 aromatic carbocycles. The number of carbonyl (C=O) groups is 3. The Morgan fingerprint density at radius 2 is 2.00 bits per heavy atom. The van der Waals surface area contributed by atoms with Crippen molar-refractivity contribution in [2.24, 2.45) is 0 Å². The van der Waals surface area contributed by atoms with Crippen LogP contribution in [0, 0.1) is 26.2 Å². The van der Waals surface area contributed by atoms with Gasteiger partial charge in [0.2, 0.25) is 5.91 Å². The van der Waals surface area contributed by atoms with Crippen LogP contribution >= 0.6 is 27.7 Å². The average Bonchev–Trinajstić information content (AvgIpc) is 2.97. The van der Waals surface area contributed by atoms with Crippen LogP contribution in [0.25, 0.3) is 6.08 Å². The van der Waals surface area contributed by atoms with Crippen molar-refractivity contribution in [1.29, 1.82) is 0 Å². The van der Waals surface area contributed by atoms with Gasteiger partial charge in [0, 0.05) is 5.69 Å². The number of rotatable bonds is 6. The molecule has 0 radical (unpaired) electrons. The third-order valence-corrected chi connectivity index (χ3v) is 6.06. The Balaban J connectivity index is 1.68. The highest BCUT2D eigenvalue weighted by Gasteiger charge is 2.36. The quantitative estimate of drug-likeness (QED) is 0.459. The average molecular weight is 499 g/mol. The van der Waals surface area contributed by atoms with E-state index in [9.17, 15) is 14.4 Å². The fraction of sp³-hybridized carbons (Fsp3) is 0.174. The number of hydrogen-bond acceptors (Lipinski definition) is 5. The van der Waals surface area contributed by atoms with Gasteiger partial charge in [-0.05, 0) is 88.6 Å². The molecule has 6 nitrogen and oxygen atoms in total. The zero-order valence-corrected chi connectivity index (χ0v) is 19.3.